The van der Waals surface area contributed by atoms with E-state index in [2.05, 4.69) is 0 Å². The van der Waals surface area contributed by atoms with Crippen molar-refractivity contribution in [3.05, 3.63) is 33.3 Å². The molecule has 12 heavy (non-hydrogen) atoms. The molecular formula is H6N4O6PtS. The van der Waals surface area contributed by atoms with E-state index in [-0.39, 0.29) is 33.4 Å². The smallest absolute Gasteiger partial charge is 0.693 e. The van der Waals surface area contributed by atoms with Gasteiger partial charge in [0.15, 0.2) is 0 Å². The molecule has 0 saturated carbocycles. The van der Waals surface area contributed by atoms with Gasteiger partial charge in [-0.15, -0.1) is 0 Å². The van der Waals surface area contributed by atoms with Gasteiger partial charge >= 0.3 is 31.5 Å². The topological polar surface area (TPSA) is 220 Å². The standard InChI is InChI=1S/2NO.2H2N.H2O4S.Pt/c2*1-2;;;1-5(2,3)4;/h;;2*1H2;(H2,1,2,3,4);/q4*-1;;+4. The van der Waals surface area contributed by atoms with Gasteiger partial charge in [-0.05, 0) is 0 Å². The van der Waals surface area contributed by atoms with E-state index in [9.17, 15) is 0 Å². The Kier molecular flexibility index (Phi) is 107. The zero-order valence-corrected chi connectivity index (χ0v) is 8.39. The summed E-state index contributed by atoms with van der Waals surface area (Å²) in [6.07, 6.45) is 0. The molecule has 0 aromatic rings. The van der Waals surface area contributed by atoms with Gasteiger partial charge in [0.1, 0.15) is 0 Å². The molecule has 0 heterocycles. The van der Waals surface area contributed by atoms with E-state index < -0.39 is 10.4 Å². The number of nitrogens with two attached hydrogens (primary N) is 2. The second kappa shape index (κ2) is 31.0. The predicted molar refractivity (Wildman–Crippen MR) is 38.2 cm³/mol. The van der Waals surface area contributed by atoms with Crippen LogP contribution in [0.15, 0.2) is 0 Å². The van der Waals surface area contributed by atoms with Crippen molar-refractivity contribution in [3.8, 4) is 0 Å². The molecule has 0 bridgehead atoms. The zero-order chi connectivity index (χ0) is 8.50. The molecule has 0 amide bonds. The van der Waals surface area contributed by atoms with Gasteiger partial charge in [0.05, 0.1) is 0 Å². The summed E-state index contributed by atoms with van der Waals surface area (Å²) in [5.41, 5.74) is 11.5. The Morgan fingerprint density at radius 1 is 0.833 bits per heavy atom. The summed E-state index contributed by atoms with van der Waals surface area (Å²) in [5, 5.41) is 0. The maximum Gasteiger partial charge on any atom is 4.00 e. The third-order valence-electron chi connectivity index (χ3n) is 0. The first-order chi connectivity index (χ1) is 4.00. The van der Waals surface area contributed by atoms with Crippen LogP contribution in [0.3, 0.4) is 0 Å². The predicted octanol–water partition coefficient (Wildman–Crippen LogP) is 1.42. The van der Waals surface area contributed by atoms with Gasteiger partial charge in [-0.25, -0.2) is 0 Å². The molecule has 0 radical (unpaired) electrons. The van der Waals surface area contributed by atoms with Gasteiger partial charge in [0, 0.05) is 0 Å². The second-order valence-electron chi connectivity index (χ2n) is 0.448. The van der Waals surface area contributed by atoms with Crippen LogP contribution in [0.2, 0.25) is 0 Å². The molecule has 0 aliphatic heterocycles. The molecule has 10 nitrogen and oxygen atoms in total. The van der Waals surface area contributed by atoms with Gasteiger partial charge in [-0.1, -0.05) is 0 Å². The van der Waals surface area contributed by atoms with Crippen molar-refractivity contribution in [3.63, 3.8) is 0 Å². The third kappa shape index (κ3) is 7040. The summed E-state index contributed by atoms with van der Waals surface area (Å²) in [6, 6.07) is 0. The fraction of sp³-hybridized carbons (Fsp3) is 0. The molecule has 0 rings (SSSR count). The molecule has 0 fully saturated rings. The number of rotatable bonds is 0. The van der Waals surface area contributed by atoms with Gasteiger partial charge in [-0.3, -0.25) is 9.11 Å². The Balaban J connectivity index is -0.0000000116. The maximum absolute atomic E-state index is 8.74. The van der Waals surface area contributed by atoms with Gasteiger partial charge < -0.3 is 33.3 Å². The SMILES string of the molecule is O=S(=O)(O)O.[N-]=O.[N-]=O.[NH2-].[NH2-].[Pt+4]. The van der Waals surface area contributed by atoms with Crippen LogP contribution in [-0.2, 0) is 31.5 Å². The van der Waals surface area contributed by atoms with Crippen LogP contribution in [0.25, 0.3) is 23.5 Å². The Labute approximate surface area is 82.6 Å². The summed E-state index contributed by atoms with van der Waals surface area (Å²) in [7, 11) is -4.67. The molecular weight excluding hydrogens is 379 g/mol. The summed E-state index contributed by atoms with van der Waals surface area (Å²) in [5.74, 6) is 0. The Morgan fingerprint density at radius 2 is 0.833 bits per heavy atom. The van der Waals surface area contributed by atoms with Crippen LogP contribution in [-0.4, -0.2) is 17.5 Å². The van der Waals surface area contributed by atoms with E-state index >= 15 is 0 Å². The summed E-state index contributed by atoms with van der Waals surface area (Å²) >= 11 is 0. The van der Waals surface area contributed by atoms with Crippen molar-refractivity contribution in [1.29, 1.82) is 0 Å². The second-order valence-corrected chi connectivity index (χ2v) is 1.34. The molecule has 0 aliphatic carbocycles. The van der Waals surface area contributed by atoms with E-state index in [0.29, 0.717) is 0 Å². The van der Waals surface area contributed by atoms with Crippen molar-refractivity contribution in [2.45, 2.75) is 0 Å². The molecule has 0 unspecified atom stereocenters. The van der Waals surface area contributed by atoms with Crippen molar-refractivity contribution in [2.75, 3.05) is 0 Å². The van der Waals surface area contributed by atoms with Crippen molar-refractivity contribution >= 4 is 10.4 Å². The average molecular weight is 385 g/mol. The van der Waals surface area contributed by atoms with Crippen molar-refractivity contribution < 1.29 is 38.6 Å². The third-order valence-corrected chi connectivity index (χ3v) is 0. The summed E-state index contributed by atoms with van der Waals surface area (Å²) in [6.45, 7) is 0. The fourth-order valence-corrected chi connectivity index (χ4v) is 0. The normalized spacial score (nSPS) is 5.50. The quantitative estimate of drug-likeness (QED) is 0.586. The van der Waals surface area contributed by atoms with Crippen LogP contribution in [0.1, 0.15) is 0 Å². The van der Waals surface area contributed by atoms with E-state index in [1.165, 1.54) is 0 Å². The van der Waals surface area contributed by atoms with Crippen molar-refractivity contribution in [2.24, 2.45) is 0 Å². The molecule has 0 atom stereocenters. The molecule has 0 spiro atoms. The van der Waals surface area contributed by atoms with E-state index in [1.54, 1.807) is 0 Å². The van der Waals surface area contributed by atoms with Gasteiger partial charge in [0.2, 0.25) is 0 Å². The summed E-state index contributed by atoms with van der Waals surface area (Å²) in [4.78, 5) is 14.5. The molecule has 0 aromatic heterocycles. The van der Waals surface area contributed by atoms with E-state index in [0.717, 1.165) is 0 Å². The minimum absolute atomic E-state index is 0. The number of hydrogen-bond acceptors (Lipinski definition) is 4. The van der Waals surface area contributed by atoms with Crippen LogP contribution >= 0.6 is 0 Å². The monoisotopic (exact) mass is 385 g/mol. The number of hydrogen-bond donors (Lipinski definition) is 2. The van der Waals surface area contributed by atoms with Crippen LogP contribution in [0.5, 0.6) is 0 Å². The minimum atomic E-state index is -4.67. The molecule has 78 valence electrons. The molecule has 12 heteroatoms. The van der Waals surface area contributed by atoms with Crippen LogP contribution < -0.4 is 0 Å². The maximum atomic E-state index is 8.74. The first-order valence-electron chi connectivity index (χ1n) is 1.06. The fourth-order valence-electron chi connectivity index (χ4n) is 0. The Bertz CT molecular complexity index is 122. The first kappa shape index (κ1) is 41.3. The molecule has 0 saturated heterocycles. The molecule has 0 aromatic carbocycles. The molecule has 0 aliphatic rings. The first-order valence-corrected chi connectivity index (χ1v) is 2.46. The largest absolute Gasteiger partial charge is 4.00 e. The summed E-state index contributed by atoms with van der Waals surface area (Å²) < 4.78 is 31.6. The van der Waals surface area contributed by atoms with Crippen LogP contribution in [0.4, 0.5) is 0 Å². The Hall–Kier alpha value is -0.322. The van der Waals surface area contributed by atoms with E-state index in [1.807, 2.05) is 0 Å². The van der Waals surface area contributed by atoms with Crippen LogP contribution in [0, 0.1) is 9.81 Å². The van der Waals surface area contributed by atoms with Crippen molar-refractivity contribution in [1.82, 2.24) is 0 Å². The minimum Gasteiger partial charge on any atom is -0.693 e. The van der Waals surface area contributed by atoms with E-state index in [4.69, 9.17) is 38.5 Å². The molecule has 6 N–H and O–H groups in total. The van der Waals surface area contributed by atoms with Gasteiger partial charge in [0.25, 0.3) is 0 Å². The Morgan fingerprint density at radius 3 is 0.833 bits per heavy atom. The van der Waals surface area contributed by atoms with Gasteiger partial charge in [-0.2, -0.15) is 8.42 Å². The zero-order valence-electron chi connectivity index (χ0n) is 5.30. The number of nitrogens with zero attached hydrogens (tertiary/aromatic N) is 2. The average Bonchev–Trinajstić information content (AvgIpc) is 1.72. The number of nitroso groups, excluding NO2 is 2.